The van der Waals surface area contributed by atoms with Crippen LogP contribution in [-0.2, 0) is 9.84 Å². The number of benzene rings is 2. The number of sulfone groups is 1. The van der Waals surface area contributed by atoms with Crippen molar-refractivity contribution in [3.63, 3.8) is 0 Å². The second-order valence-electron chi connectivity index (χ2n) is 14.4. The van der Waals surface area contributed by atoms with E-state index in [4.69, 9.17) is 0 Å². The number of hydrogen-bond acceptors (Lipinski definition) is 6. The maximum absolute atomic E-state index is 13.8. The van der Waals surface area contributed by atoms with Gasteiger partial charge in [-0.2, -0.15) is 0 Å². The van der Waals surface area contributed by atoms with Crippen LogP contribution in [0.3, 0.4) is 0 Å². The summed E-state index contributed by atoms with van der Waals surface area (Å²) in [4.78, 5) is 54.1. The summed E-state index contributed by atoms with van der Waals surface area (Å²) in [6.45, 7) is 11.7. The molecule has 2 aromatic rings. The highest BCUT2D eigenvalue weighted by Gasteiger charge is 2.48. The van der Waals surface area contributed by atoms with Crippen LogP contribution in [-0.4, -0.2) is 54.9 Å². The molecule has 2 fully saturated rings. The maximum atomic E-state index is 13.8. The van der Waals surface area contributed by atoms with Gasteiger partial charge in [-0.05, 0) is 104 Å². The van der Waals surface area contributed by atoms with Gasteiger partial charge in [0.05, 0.1) is 32.0 Å². The lowest BCUT2D eigenvalue weighted by Gasteiger charge is -2.50. The largest absolute Gasteiger partial charge is 0.277 e. The SMILES string of the molecule is CC1CCC(C(C)(C)C2CCC(N3C(=O)c4ccc(S(=O)(=O)c5ccc6c(c5)C(=O)N(C)C6=O)cc4C3=O)C(C)C2)CC1C. The zero-order valence-corrected chi connectivity index (χ0v) is 27.2. The van der Waals surface area contributed by atoms with Crippen LogP contribution in [0.5, 0.6) is 0 Å². The Hall–Kier alpha value is -3.33. The molecule has 0 radical (unpaired) electrons. The second-order valence-corrected chi connectivity index (χ2v) is 16.4. The fourth-order valence-electron chi connectivity index (χ4n) is 8.35. The van der Waals surface area contributed by atoms with Crippen molar-refractivity contribution in [2.24, 2.45) is 35.0 Å². The van der Waals surface area contributed by atoms with Gasteiger partial charge in [0.1, 0.15) is 0 Å². The van der Waals surface area contributed by atoms with E-state index in [1.807, 2.05) is 0 Å². The summed E-state index contributed by atoms with van der Waals surface area (Å²) in [7, 11) is -2.79. The van der Waals surface area contributed by atoms with E-state index in [0.717, 1.165) is 36.0 Å². The van der Waals surface area contributed by atoms with Gasteiger partial charge in [-0.15, -0.1) is 0 Å². The molecule has 2 heterocycles. The number of rotatable bonds is 5. The van der Waals surface area contributed by atoms with Crippen molar-refractivity contribution in [3.05, 3.63) is 58.7 Å². The Kier molecular flexibility index (Phi) is 7.42. The summed E-state index contributed by atoms with van der Waals surface area (Å²) in [5.41, 5.74) is 0.659. The summed E-state index contributed by atoms with van der Waals surface area (Å²) < 4.78 is 27.2. The van der Waals surface area contributed by atoms with Crippen LogP contribution < -0.4 is 0 Å². The van der Waals surface area contributed by atoms with Crippen molar-refractivity contribution >= 4 is 33.5 Å². The van der Waals surface area contributed by atoms with Crippen LogP contribution in [0.2, 0.25) is 0 Å². The van der Waals surface area contributed by atoms with E-state index >= 15 is 0 Å². The summed E-state index contributed by atoms with van der Waals surface area (Å²) in [6.07, 6.45) is 6.41. The molecule has 0 N–H and O–H groups in total. The van der Waals surface area contributed by atoms with Gasteiger partial charge in [0, 0.05) is 13.1 Å². The third-order valence-corrected chi connectivity index (χ3v) is 13.5. The van der Waals surface area contributed by atoms with Gasteiger partial charge >= 0.3 is 0 Å². The Morgan fingerprint density at radius 2 is 1.11 bits per heavy atom. The Bertz CT molecular complexity index is 1690. The average molecular weight is 619 g/mol. The molecule has 6 atom stereocenters. The third-order valence-electron chi connectivity index (χ3n) is 11.7. The van der Waals surface area contributed by atoms with Gasteiger partial charge in [-0.3, -0.25) is 29.0 Å². The van der Waals surface area contributed by atoms with E-state index in [1.54, 1.807) is 0 Å². The van der Waals surface area contributed by atoms with Crippen LogP contribution in [0.4, 0.5) is 0 Å². The van der Waals surface area contributed by atoms with Gasteiger partial charge in [0.15, 0.2) is 0 Å². The van der Waals surface area contributed by atoms with Crippen LogP contribution in [0, 0.1) is 35.0 Å². The number of nitrogens with zero attached hydrogens (tertiary/aromatic N) is 2. The molecule has 4 amide bonds. The topological polar surface area (TPSA) is 109 Å². The Balaban J connectivity index is 1.21. The van der Waals surface area contributed by atoms with Gasteiger partial charge in [-0.25, -0.2) is 8.42 Å². The number of hydrogen-bond donors (Lipinski definition) is 0. The Morgan fingerprint density at radius 1 is 0.636 bits per heavy atom. The lowest BCUT2D eigenvalue weighted by atomic mass is 9.57. The van der Waals surface area contributed by atoms with Crippen LogP contribution in [0.25, 0.3) is 0 Å². The normalized spacial score (nSPS) is 29.3. The van der Waals surface area contributed by atoms with E-state index in [1.165, 1.54) is 67.6 Å². The molecule has 8 nitrogen and oxygen atoms in total. The molecule has 4 aliphatic rings. The van der Waals surface area contributed by atoms with Crippen molar-refractivity contribution in [2.45, 2.75) is 89.0 Å². The van der Waals surface area contributed by atoms with E-state index in [2.05, 4.69) is 34.6 Å². The molecule has 0 bridgehead atoms. The first kappa shape index (κ1) is 30.7. The number of amides is 4. The smallest absolute Gasteiger partial charge is 0.261 e. The van der Waals surface area contributed by atoms with Crippen molar-refractivity contribution in [2.75, 3.05) is 7.05 Å². The van der Waals surface area contributed by atoms with Crippen molar-refractivity contribution < 1.29 is 27.6 Å². The molecular formula is C35H42N2O6S. The molecule has 9 heteroatoms. The number of carbonyl (C=O) groups excluding carboxylic acids is 4. The lowest BCUT2D eigenvalue weighted by Crippen LogP contribution is -2.49. The molecule has 234 valence electrons. The van der Waals surface area contributed by atoms with Crippen molar-refractivity contribution in [1.29, 1.82) is 0 Å². The predicted molar refractivity (Wildman–Crippen MR) is 165 cm³/mol. The highest BCUT2D eigenvalue weighted by atomic mass is 32.2. The molecule has 2 aromatic carbocycles. The minimum Gasteiger partial charge on any atom is -0.277 e. The Labute approximate surface area is 260 Å². The standard InChI is InChI=1S/C35H42N2O6S/c1-19-7-8-22(15-20(19)2)35(4,5)23-9-14-30(21(3)16-23)37-33(40)27-13-11-25(18-29(27)34(37)41)44(42,43)24-10-12-26-28(17-24)32(39)36(6)31(26)38/h10-13,17-23,30H,7-9,14-16H2,1-6H3. The number of fused-ring (bicyclic) bond motifs is 2. The zero-order valence-electron chi connectivity index (χ0n) is 26.4. The molecule has 0 spiro atoms. The third kappa shape index (κ3) is 4.65. The lowest BCUT2D eigenvalue weighted by molar-refractivity contribution is 0.000948. The highest BCUT2D eigenvalue weighted by Crippen LogP contribution is 2.52. The van der Waals surface area contributed by atoms with Gasteiger partial charge < -0.3 is 0 Å². The summed E-state index contributed by atoms with van der Waals surface area (Å²) in [5, 5.41) is 0. The molecule has 2 aliphatic heterocycles. The average Bonchev–Trinajstić information content (AvgIpc) is 3.37. The van der Waals surface area contributed by atoms with Crippen molar-refractivity contribution in [3.8, 4) is 0 Å². The van der Waals surface area contributed by atoms with E-state index in [-0.39, 0.29) is 55.3 Å². The zero-order chi connectivity index (χ0) is 31.9. The maximum Gasteiger partial charge on any atom is 0.261 e. The monoisotopic (exact) mass is 618 g/mol. The van der Waals surface area contributed by atoms with Gasteiger partial charge in [0.25, 0.3) is 23.6 Å². The predicted octanol–water partition coefficient (Wildman–Crippen LogP) is 6.24. The van der Waals surface area contributed by atoms with Crippen LogP contribution in [0.1, 0.15) is 115 Å². The molecule has 44 heavy (non-hydrogen) atoms. The molecule has 6 rings (SSSR count). The summed E-state index contributed by atoms with van der Waals surface area (Å²) >= 11 is 0. The van der Waals surface area contributed by atoms with E-state index in [9.17, 15) is 27.6 Å². The van der Waals surface area contributed by atoms with Crippen LogP contribution in [0.15, 0.2) is 46.2 Å². The Morgan fingerprint density at radius 3 is 1.68 bits per heavy atom. The fraction of sp³-hybridized carbons (Fsp3) is 0.543. The van der Waals surface area contributed by atoms with E-state index < -0.39 is 27.6 Å². The minimum atomic E-state index is -4.14. The van der Waals surface area contributed by atoms with Gasteiger partial charge in [-0.1, -0.05) is 41.0 Å². The van der Waals surface area contributed by atoms with Gasteiger partial charge in [0.2, 0.25) is 9.84 Å². The molecule has 0 aromatic heterocycles. The highest BCUT2D eigenvalue weighted by molar-refractivity contribution is 7.91. The summed E-state index contributed by atoms with van der Waals surface area (Å²) in [6, 6.07) is 7.63. The van der Waals surface area contributed by atoms with Crippen LogP contribution >= 0.6 is 0 Å². The van der Waals surface area contributed by atoms with Crippen molar-refractivity contribution in [1.82, 2.24) is 9.80 Å². The molecule has 2 aliphatic carbocycles. The first-order valence-corrected chi connectivity index (χ1v) is 17.4. The first-order valence-electron chi connectivity index (χ1n) is 15.9. The minimum absolute atomic E-state index is 0.0255. The number of imide groups is 2. The quantitative estimate of drug-likeness (QED) is 0.367. The second kappa shape index (κ2) is 10.6. The molecule has 0 saturated heterocycles. The first-order chi connectivity index (χ1) is 20.6. The van der Waals surface area contributed by atoms with E-state index in [0.29, 0.717) is 11.8 Å². The molecule has 2 saturated carbocycles. The fourth-order valence-corrected chi connectivity index (χ4v) is 9.66. The molecular weight excluding hydrogens is 576 g/mol. The summed E-state index contributed by atoms with van der Waals surface area (Å²) in [5.74, 6) is 0.932. The molecule has 6 unspecified atom stereocenters. The number of carbonyl (C=O) groups is 4.